The van der Waals surface area contributed by atoms with E-state index in [0.717, 1.165) is 11.3 Å². The molecule has 2 aromatic heterocycles. The van der Waals surface area contributed by atoms with Crippen molar-refractivity contribution in [2.45, 2.75) is 25.9 Å². The molecule has 3 aromatic rings. The van der Waals surface area contributed by atoms with Gasteiger partial charge in [0.25, 0.3) is 5.56 Å². The number of hydrogen-bond donors (Lipinski definition) is 1. The highest BCUT2D eigenvalue weighted by Gasteiger charge is 2.32. The second kappa shape index (κ2) is 7.31. The van der Waals surface area contributed by atoms with Crippen LogP contribution in [0.25, 0.3) is 11.3 Å². The maximum atomic E-state index is 12.7. The molecule has 1 amide bonds. The van der Waals surface area contributed by atoms with Gasteiger partial charge in [-0.15, -0.1) is 0 Å². The first-order chi connectivity index (χ1) is 12.5. The van der Waals surface area contributed by atoms with Crippen LogP contribution in [0, 0.1) is 0 Å². The van der Waals surface area contributed by atoms with E-state index in [1.807, 2.05) is 48.5 Å². The topological polar surface area (TPSA) is 76.9 Å². The first kappa shape index (κ1) is 17.5. The van der Waals surface area contributed by atoms with Crippen molar-refractivity contribution in [3.05, 3.63) is 82.9 Å². The SMILES string of the molecule is CC(C)(C(=O)NCc1ccccn1)n1nc(-c2ccccc2)ccc1=O. The molecule has 0 spiro atoms. The van der Waals surface area contributed by atoms with Crippen LogP contribution in [0.15, 0.2) is 71.7 Å². The largest absolute Gasteiger partial charge is 0.348 e. The minimum absolute atomic E-state index is 0.288. The third-order valence-corrected chi connectivity index (χ3v) is 4.11. The molecule has 2 heterocycles. The lowest BCUT2D eigenvalue weighted by Gasteiger charge is -2.25. The van der Waals surface area contributed by atoms with Crippen LogP contribution in [0.4, 0.5) is 0 Å². The molecule has 0 bridgehead atoms. The van der Waals surface area contributed by atoms with E-state index in [1.54, 1.807) is 26.1 Å². The molecule has 0 unspecified atom stereocenters. The summed E-state index contributed by atoms with van der Waals surface area (Å²) in [6.45, 7) is 3.63. The zero-order valence-electron chi connectivity index (χ0n) is 14.7. The molecule has 26 heavy (non-hydrogen) atoms. The molecule has 6 nitrogen and oxygen atoms in total. The molecule has 0 aliphatic carbocycles. The Bertz CT molecular complexity index is 950. The molecule has 0 fully saturated rings. The number of nitrogens with one attached hydrogen (secondary N) is 1. The molecule has 6 heteroatoms. The second-order valence-electron chi connectivity index (χ2n) is 6.40. The molecule has 0 radical (unpaired) electrons. The zero-order chi connectivity index (χ0) is 18.6. The van der Waals surface area contributed by atoms with Crippen LogP contribution in [0.1, 0.15) is 19.5 Å². The van der Waals surface area contributed by atoms with Crippen LogP contribution in [0.2, 0.25) is 0 Å². The Morgan fingerprint density at radius 2 is 1.77 bits per heavy atom. The fraction of sp³-hybridized carbons (Fsp3) is 0.200. The summed E-state index contributed by atoms with van der Waals surface area (Å²) in [5.41, 5.74) is 0.788. The monoisotopic (exact) mass is 348 g/mol. The van der Waals surface area contributed by atoms with E-state index < -0.39 is 5.54 Å². The lowest BCUT2D eigenvalue weighted by atomic mass is 10.0. The lowest BCUT2D eigenvalue weighted by molar-refractivity contribution is -0.129. The summed E-state index contributed by atoms with van der Waals surface area (Å²) >= 11 is 0. The van der Waals surface area contributed by atoms with Gasteiger partial charge in [0, 0.05) is 17.8 Å². The fourth-order valence-electron chi connectivity index (χ4n) is 2.56. The van der Waals surface area contributed by atoms with E-state index in [-0.39, 0.29) is 18.0 Å². The summed E-state index contributed by atoms with van der Waals surface area (Å²) in [4.78, 5) is 29.2. The smallest absolute Gasteiger partial charge is 0.267 e. The maximum Gasteiger partial charge on any atom is 0.267 e. The number of hydrogen-bond acceptors (Lipinski definition) is 4. The van der Waals surface area contributed by atoms with E-state index in [2.05, 4.69) is 15.4 Å². The van der Waals surface area contributed by atoms with E-state index in [9.17, 15) is 9.59 Å². The molecule has 132 valence electrons. The Hall–Kier alpha value is -3.28. The van der Waals surface area contributed by atoms with Crippen LogP contribution in [0.3, 0.4) is 0 Å². The van der Waals surface area contributed by atoms with Crippen molar-refractivity contribution in [2.75, 3.05) is 0 Å². The van der Waals surface area contributed by atoms with Gasteiger partial charge in [-0.05, 0) is 32.0 Å². The minimum Gasteiger partial charge on any atom is -0.348 e. The summed E-state index contributed by atoms with van der Waals surface area (Å²) < 4.78 is 1.23. The van der Waals surface area contributed by atoms with Crippen molar-refractivity contribution < 1.29 is 4.79 Å². The average Bonchev–Trinajstić information content (AvgIpc) is 2.67. The van der Waals surface area contributed by atoms with Gasteiger partial charge in [0.05, 0.1) is 17.9 Å². The fourth-order valence-corrected chi connectivity index (χ4v) is 2.56. The molecule has 0 saturated carbocycles. The van der Waals surface area contributed by atoms with E-state index in [1.165, 1.54) is 10.7 Å². The van der Waals surface area contributed by atoms with Crippen molar-refractivity contribution in [1.29, 1.82) is 0 Å². The zero-order valence-corrected chi connectivity index (χ0v) is 14.7. The van der Waals surface area contributed by atoms with Gasteiger partial charge in [-0.3, -0.25) is 14.6 Å². The van der Waals surface area contributed by atoms with Crippen LogP contribution in [-0.2, 0) is 16.9 Å². The van der Waals surface area contributed by atoms with E-state index >= 15 is 0 Å². The molecular weight excluding hydrogens is 328 g/mol. The first-order valence-electron chi connectivity index (χ1n) is 8.33. The van der Waals surface area contributed by atoms with Gasteiger partial charge < -0.3 is 5.32 Å². The van der Waals surface area contributed by atoms with Gasteiger partial charge in [-0.25, -0.2) is 4.68 Å². The summed E-state index contributed by atoms with van der Waals surface area (Å²) in [5, 5.41) is 7.24. The highest BCUT2D eigenvalue weighted by molar-refractivity contribution is 5.83. The summed E-state index contributed by atoms with van der Waals surface area (Å²) in [7, 11) is 0. The summed E-state index contributed by atoms with van der Waals surface area (Å²) in [5.74, 6) is -0.303. The third-order valence-electron chi connectivity index (χ3n) is 4.11. The van der Waals surface area contributed by atoms with Crippen molar-refractivity contribution in [3.63, 3.8) is 0 Å². The van der Waals surface area contributed by atoms with Crippen molar-refractivity contribution in [1.82, 2.24) is 20.1 Å². The van der Waals surface area contributed by atoms with Gasteiger partial charge in [0.2, 0.25) is 5.91 Å². The maximum absolute atomic E-state index is 12.7. The van der Waals surface area contributed by atoms with Crippen LogP contribution in [-0.4, -0.2) is 20.7 Å². The molecule has 3 rings (SSSR count). The van der Waals surface area contributed by atoms with Gasteiger partial charge >= 0.3 is 0 Å². The summed E-state index contributed by atoms with van der Waals surface area (Å²) in [6, 6.07) is 18.1. The normalized spacial score (nSPS) is 11.2. The number of benzene rings is 1. The van der Waals surface area contributed by atoms with Gasteiger partial charge in [0.15, 0.2) is 0 Å². The van der Waals surface area contributed by atoms with Crippen molar-refractivity contribution >= 4 is 5.91 Å². The Kier molecular flexibility index (Phi) is 4.93. The average molecular weight is 348 g/mol. The Morgan fingerprint density at radius 1 is 1.04 bits per heavy atom. The van der Waals surface area contributed by atoms with Crippen molar-refractivity contribution in [2.24, 2.45) is 0 Å². The Morgan fingerprint density at radius 3 is 2.46 bits per heavy atom. The van der Waals surface area contributed by atoms with Crippen LogP contribution < -0.4 is 10.9 Å². The molecule has 0 atom stereocenters. The lowest BCUT2D eigenvalue weighted by Crippen LogP contribution is -2.49. The molecule has 1 aromatic carbocycles. The quantitative estimate of drug-likeness (QED) is 0.768. The van der Waals surface area contributed by atoms with Crippen LogP contribution >= 0.6 is 0 Å². The van der Waals surface area contributed by atoms with E-state index in [0.29, 0.717) is 5.69 Å². The second-order valence-corrected chi connectivity index (χ2v) is 6.40. The van der Waals surface area contributed by atoms with E-state index in [4.69, 9.17) is 0 Å². The number of amides is 1. The first-order valence-corrected chi connectivity index (χ1v) is 8.33. The molecule has 0 aliphatic heterocycles. The molecular formula is C20H20N4O2. The number of nitrogens with zero attached hydrogens (tertiary/aromatic N) is 3. The minimum atomic E-state index is -1.14. The number of carbonyl (C=O) groups is 1. The number of pyridine rings is 1. The molecule has 0 saturated heterocycles. The Balaban J connectivity index is 1.86. The molecule has 1 N–H and O–H groups in total. The standard InChI is InChI=1S/C20H20N4O2/c1-20(2,19(26)22-14-16-10-6-7-13-21-16)24-18(25)12-11-17(23-24)15-8-4-3-5-9-15/h3-13H,14H2,1-2H3,(H,22,26). The number of rotatable bonds is 5. The predicted molar refractivity (Wildman–Crippen MR) is 99.3 cm³/mol. The van der Waals surface area contributed by atoms with Crippen LogP contribution in [0.5, 0.6) is 0 Å². The third kappa shape index (κ3) is 3.69. The Labute approximate surface area is 151 Å². The van der Waals surface area contributed by atoms with Gasteiger partial charge in [-0.2, -0.15) is 5.10 Å². The number of aromatic nitrogens is 3. The highest BCUT2D eigenvalue weighted by Crippen LogP contribution is 2.17. The van der Waals surface area contributed by atoms with Gasteiger partial charge in [0.1, 0.15) is 5.54 Å². The predicted octanol–water partition coefficient (Wildman–Crippen LogP) is 2.36. The number of carbonyl (C=O) groups excluding carboxylic acids is 1. The molecule has 0 aliphatic rings. The van der Waals surface area contributed by atoms with Gasteiger partial charge in [-0.1, -0.05) is 36.4 Å². The summed E-state index contributed by atoms with van der Waals surface area (Å²) in [6.07, 6.45) is 1.67. The highest BCUT2D eigenvalue weighted by atomic mass is 16.2. The van der Waals surface area contributed by atoms with Crippen molar-refractivity contribution in [3.8, 4) is 11.3 Å².